The summed E-state index contributed by atoms with van der Waals surface area (Å²) in [6, 6.07) is 0.167. The first-order valence-corrected chi connectivity index (χ1v) is 4.67. The fourth-order valence-electron chi connectivity index (χ4n) is 1.33. The number of ether oxygens (including phenoxy) is 1. The first-order chi connectivity index (χ1) is 6.63. The molecular formula is C10H16N2O2. The molecule has 14 heavy (non-hydrogen) atoms. The van der Waals surface area contributed by atoms with E-state index >= 15 is 0 Å². The summed E-state index contributed by atoms with van der Waals surface area (Å²) in [5, 5.41) is 3.18. The molecule has 2 unspecified atom stereocenters. The number of hydrogen-bond acceptors (Lipinski definition) is 3. The number of nitrogens with zero attached hydrogens (tertiary/aromatic N) is 1. The van der Waals surface area contributed by atoms with E-state index in [0.29, 0.717) is 6.54 Å². The number of amides is 1. The van der Waals surface area contributed by atoms with Gasteiger partial charge in [-0.1, -0.05) is 5.92 Å². The number of nitrogens with one attached hydrogen (secondary N) is 1. The lowest BCUT2D eigenvalue weighted by Crippen LogP contribution is -2.29. The first-order valence-electron chi connectivity index (χ1n) is 4.67. The van der Waals surface area contributed by atoms with E-state index in [4.69, 9.17) is 4.74 Å². The van der Waals surface area contributed by atoms with Crippen molar-refractivity contribution < 1.29 is 9.53 Å². The van der Waals surface area contributed by atoms with Gasteiger partial charge in [-0.2, -0.15) is 0 Å². The Bertz CT molecular complexity index is 265. The van der Waals surface area contributed by atoms with Crippen molar-refractivity contribution >= 4 is 6.09 Å². The molecule has 0 spiro atoms. The highest BCUT2D eigenvalue weighted by molar-refractivity contribution is 5.67. The minimum absolute atomic E-state index is 0.0456. The molecule has 0 bridgehead atoms. The van der Waals surface area contributed by atoms with Gasteiger partial charge >= 0.3 is 6.09 Å². The molecule has 1 fully saturated rings. The zero-order chi connectivity index (χ0) is 10.6. The molecular weight excluding hydrogens is 180 g/mol. The Kier molecular flexibility index (Phi) is 3.78. The van der Waals surface area contributed by atoms with Crippen LogP contribution >= 0.6 is 0 Å². The van der Waals surface area contributed by atoms with Crippen molar-refractivity contribution in [2.75, 3.05) is 20.6 Å². The first kappa shape index (κ1) is 10.9. The van der Waals surface area contributed by atoms with Crippen molar-refractivity contribution in [2.24, 2.45) is 0 Å². The van der Waals surface area contributed by atoms with Gasteiger partial charge in [-0.15, -0.1) is 5.92 Å². The third kappa shape index (κ3) is 2.93. The zero-order valence-corrected chi connectivity index (χ0v) is 8.83. The van der Waals surface area contributed by atoms with Gasteiger partial charge in [0.05, 0.1) is 6.04 Å². The number of hydrogen-bond donors (Lipinski definition) is 1. The van der Waals surface area contributed by atoms with Gasteiger partial charge in [-0.3, -0.25) is 5.32 Å². The molecule has 0 radical (unpaired) electrons. The largest absolute Gasteiger partial charge is 0.445 e. The lowest BCUT2D eigenvalue weighted by molar-refractivity contribution is 0.0827. The van der Waals surface area contributed by atoms with E-state index in [0.717, 1.165) is 6.42 Å². The molecule has 1 rings (SSSR count). The van der Waals surface area contributed by atoms with Gasteiger partial charge in [-0.25, -0.2) is 4.79 Å². The maximum absolute atomic E-state index is 11.2. The van der Waals surface area contributed by atoms with Gasteiger partial charge in [0.25, 0.3) is 0 Å². The maximum atomic E-state index is 11.2. The Labute approximate surface area is 84.6 Å². The fraction of sp³-hybridized carbons (Fsp3) is 0.700. The topological polar surface area (TPSA) is 41.6 Å². The van der Waals surface area contributed by atoms with Crippen LogP contribution in [0.25, 0.3) is 0 Å². The van der Waals surface area contributed by atoms with Gasteiger partial charge in [0.2, 0.25) is 0 Å². The molecule has 0 aromatic carbocycles. The van der Waals surface area contributed by atoms with Crippen LogP contribution in [0.4, 0.5) is 4.79 Å². The third-order valence-electron chi connectivity index (χ3n) is 2.04. The van der Waals surface area contributed by atoms with Crippen LogP contribution in [0.5, 0.6) is 0 Å². The van der Waals surface area contributed by atoms with E-state index in [1.807, 2.05) is 0 Å². The third-order valence-corrected chi connectivity index (χ3v) is 2.04. The van der Waals surface area contributed by atoms with Crippen molar-refractivity contribution in [3.63, 3.8) is 0 Å². The van der Waals surface area contributed by atoms with Crippen molar-refractivity contribution in [1.82, 2.24) is 10.2 Å². The van der Waals surface area contributed by atoms with Crippen molar-refractivity contribution in [3.8, 4) is 11.8 Å². The number of carbonyl (C=O) groups is 1. The van der Waals surface area contributed by atoms with Gasteiger partial charge in [0.1, 0.15) is 6.10 Å². The molecule has 1 aliphatic rings. The lowest BCUT2D eigenvalue weighted by Gasteiger charge is -2.15. The van der Waals surface area contributed by atoms with Gasteiger partial charge < -0.3 is 9.64 Å². The molecule has 1 aliphatic heterocycles. The highest BCUT2D eigenvalue weighted by Gasteiger charge is 2.26. The standard InChI is InChI=1S/C10H16N2O2/c1-4-5-8-6-9(7-11-8)14-10(13)12(2)3/h8-9,11H,6-7H2,1-3H3. The molecule has 0 aliphatic carbocycles. The molecule has 4 nitrogen and oxygen atoms in total. The van der Waals surface area contributed by atoms with Crippen molar-refractivity contribution in [2.45, 2.75) is 25.5 Å². The quantitative estimate of drug-likeness (QED) is 0.619. The molecule has 0 aromatic rings. The van der Waals surface area contributed by atoms with Crippen molar-refractivity contribution in [1.29, 1.82) is 0 Å². The molecule has 1 amide bonds. The smallest absolute Gasteiger partial charge is 0.409 e. The highest BCUT2D eigenvalue weighted by atomic mass is 16.6. The van der Waals surface area contributed by atoms with E-state index in [-0.39, 0.29) is 18.2 Å². The van der Waals surface area contributed by atoms with Crippen LogP contribution in [0.1, 0.15) is 13.3 Å². The lowest BCUT2D eigenvalue weighted by atomic mass is 10.2. The van der Waals surface area contributed by atoms with Crippen LogP contribution in [0, 0.1) is 11.8 Å². The van der Waals surface area contributed by atoms with Crippen LogP contribution in [0.15, 0.2) is 0 Å². The summed E-state index contributed by atoms with van der Waals surface area (Å²) in [6.45, 7) is 2.50. The minimum Gasteiger partial charge on any atom is -0.445 e. The molecule has 1 N–H and O–H groups in total. The van der Waals surface area contributed by atoms with Gasteiger partial charge in [-0.05, 0) is 6.92 Å². The summed E-state index contributed by atoms with van der Waals surface area (Å²) >= 11 is 0. The molecule has 0 saturated carbocycles. The second-order valence-corrected chi connectivity index (χ2v) is 3.49. The van der Waals surface area contributed by atoms with E-state index in [9.17, 15) is 4.79 Å². The van der Waals surface area contributed by atoms with E-state index in [1.54, 1.807) is 21.0 Å². The molecule has 2 atom stereocenters. The monoisotopic (exact) mass is 196 g/mol. The van der Waals surface area contributed by atoms with E-state index in [1.165, 1.54) is 4.90 Å². The molecule has 4 heteroatoms. The Morgan fingerprint density at radius 3 is 2.86 bits per heavy atom. The van der Waals surface area contributed by atoms with Gasteiger partial charge in [0.15, 0.2) is 0 Å². The second kappa shape index (κ2) is 4.87. The Morgan fingerprint density at radius 2 is 2.29 bits per heavy atom. The predicted molar refractivity (Wildman–Crippen MR) is 53.8 cm³/mol. The van der Waals surface area contributed by atoms with Crippen LogP contribution in [0.2, 0.25) is 0 Å². The Hall–Kier alpha value is -1.21. The summed E-state index contributed by atoms with van der Waals surface area (Å²) in [4.78, 5) is 12.6. The van der Waals surface area contributed by atoms with Crippen LogP contribution in [-0.2, 0) is 4.74 Å². The van der Waals surface area contributed by atoms with Crippen LogP contribution < -0.4 is 5.32 Å². The van der Waals surface area contributed by atoms with Gasteiger partial charge in [0, 0.05) is 27.1 Å². The minimum atomic E-state index is -0.290. The molecule has 0 aromatic heterocycles. The summed E-state index contributed by atoms with van der Waals surface area (Å²) in [7, 11) is 3.35. The Morgan fingerprint density at radius 1 is 1.57 bits per heavy atom. The van der Waals surface area contributed by atoms with E-state index in [2.05, 4.69) is 17.2 Å². The number of rotatable bonds is 1. The Balaban J connectivity index is 2.35. The average Bonchev–Trinajstić information content (AvgIpc) is 2.53. The van der Waals surface area contributed by atoms with Crippen molar-refractivity contribution in [3.05, 3.63) is 0 Å². The highest BCUT2D eigenvalue weighted by Crippen LogP contribution is 2.10. The number of carbonyl (C=O) groups excluding carboxylic acids is 1. The summed E-state index contributed by atoms with van der Waals surface area (Å²) in [5.41, 5.74) is 0. The zero-order valence-electron chi connectivity index (χ0n) is 8.83. The molecule has 1 heterocycles. The SMILES string of the molecule is CC#CC1CC(OC(=O)N(C)C)CN1. The van der Waals surface area contributed by atoms with Crippen LogP contribution in [-0.4, -0.2) is 43.8 Å². The normalized spacial score (nSPS) is 25.1. The maximum Gasteiger partial charge on any atom is 0.409 e. The second-order valence-electron chi connectivity index (χ2n) is 3.49. The molecule has 78 valence electrons. The summed E-state index contributed by atoms with van der Waals surface area (Å²) in [5.74, 6) is 5.85. The van der Waals surface area contributed by atoms with Crippen LogP contribution in [0.3, 0.4) is 0 Å². The predicted octanol–water partition coefficient (Wildman–Crippen LogP) is 0.438. The average molecular weight is 196 g/mol. The summed E-state index contributed by atoms with van der Waals surface area (Å²) in [6.07, 6.45) is 0.443. The fourth-order valence-corrected chi connectivity index (χ4v) is 1.33. The summed E-state index contributed by atoms with van der Waals surface area (Å²) < 4.78 is 5.21. The van der Waals surface area contributed by atoms with E-state index < -0.39 is 0 Å². The molecule has 1 saturated heterocycles.